The minimum Gasteiger partial charge on any atom is -0.312 e. The molecule has 1 unspecified atom stereocenters. The van der Waals surface area contributed by atoms with Gasteiger partial charge in [0.15, 0.2) is 0 Å². The summed E-state index contributed by atoms with van der Waals surface area (Å²) in [6.45, 7) is 5.47. The van der Waals surface area contributed by atoms with E-state index in [0.717, 1.165) is 38.2 Å². The molecule has 1 aromatic heterocycles. The number of alkyl halides is 3. The standard InChI is InChI=1S/C12H20F3N3/c1-3-5-11(16-6-4-2)9-18-8-10(7-17-18)12(13,14)15/h7-8,11,16H,3-6,9H2,1-2H3. The predicted molar refractivity (Wildman–Crippen MR) is 64.2 cm³/mol. The number of halogens is 3. The molecule has 1 heterocycles. The van der Waals surface area contributed by atoms with Gasteiger partial charge in [-0.05, 0) is 19.4 Å². The third-order valence-electron chi connectivity index (χ3n) is 2.69. The molecule has 18 heavy (non-hydrogen) atoms. The molecular weight excluding hydrogens is 243 g/mol. The summed E-state index contributed by atoms with van der Waals surface area (Å²) in [7, 11) is 0. The number of nitrogens with zero attached hydrogens (tertiary/aromatic N) is 2. The van der Waals surface area contributed by atoms with Crippen molar-refractivity contribution < 1.29 is 13.2 Å². The summed E-state index contributed by atoms with van der Waals surface area (Å²) in [6.07, 6.45) is 0.567. The third-order valence-corrected chi connectivity index (χ3v) is 2.69. The van der Waals surface area contributed by atoms with E-state index in [0.29, 0.717) is 6.54 Å². The van der Waals surface area contributed by atoms with Gasteiger partial charge in [-0.25, -0.2) is 0 Å². The highest BCUT2D eigenvalue weighted by Crippen LogP contribution is 2.28. The summed E-state index contributed by atoms with van der Waals surface area (Å²) in [5.41, 5.74) is -0.687. The van der Waals surface area contributed by atoms with Gasteiger partial charge in [0.25, 0.3) is 0 Å². The molecule has 0 spiro atoms. The summed E-state index contributed by atoms with van der Waals surface area (Å²) < 4.78 is 38.6. The Bertz CT molecular complexity index is 347. The first kappa shape index (κ1) is 15.0. The van der Waals surface area contributed by atoms with Crippen LogP contribution in [0.1, 0.15) is 38.7 Å². The van der Waals surface area contributed by atoms with Gasteiger partial charge < -0.3 is 5.32 Å². The number of hydrogen-bond acceptors (Lipinski definition) is 2. The van der Waals surface area contributed by atoms with Crippen LogP contribution in [0.5, 0.6) is 0 Å². The number of hydrogen-bond donors (Lipinski definition) is 1. The zero-order valence-electron chi connectivity index (χ0n) is 10.8. The monoisotopic (exact) mass is 263 g/mol. The van der Waals surface area contributed by atoms with Gasteiger partial charge in [-0.1, -0.05) is 20.3 Å². The lowest BCUT2D eigenvalue weighted by molar-refractivity contribution is -0.137. The molecule has 1 aromatic rings. The van der Waals surface area contributed by atoms with Crippen molar-refractivity contribution in [3.63, 3.8) is 0 Å². The molecule has 0 saturated heterocycles. The zero-order chi connectivity index (χ0) is 13.6. The van der Waals surface area contributed by atoms with Crippen LogP contribution in [0.4, 0.5) is 13.2 Å². The minimum absolute atomic E-state index is 0.177. The van der Waals surface area contributed by atoms with E-state index in [-0.39, 0.29) is 6.04 Å². The van der Waals surface area contributed by atoms with Gasteiger partial charge in [0.05, 0.1) is 18.3 Å². The maximum absolute atomic E-state index is 12.4. The van der Waals surface area contributed by atoms with Crippen LogP contribution < -0.4 is 5.32 Å². The van der Waals surface area contributed by atoms with E-state index >= 15 is 0 Å². The number of aromatic nitrogens is 2. The van der Waals surface area contributed by atoms with Crippen molar-refractivity contribution >= 4 is 0 Å². The fraction of sp³-hybridized carbons (Fsp3) is 0.750. The molecule has 0 saturated carbocycles. The van der Waals surface area contributed by atoms with Crippen LogP contribution in [0.15, 0.2) is 12.4 Å². The van der Waals surface area contributed by atoms with Crippen LogP contribution in [0.2, 0.25) is 0 Å². The van der Waals surface area contributed by atoms with Crippen molar-refractivity contribution in [2.75, 3.05) is 6.54 Å². The van der Waals surface area contributed by atoms with E-state index in [1.165, 1.54) is 4.68 Å². The highest BCUT2D eigenvalue weighted by molar-refractivity contribution is 5.08. The van der Waals surface area contributed by atoms with Gasteiger partial charge in [-0.15, -0.1) is 0 Å². The molecule has 0 aliphatic heterocycles. The molecule has 104 valence electrons. The average molecular weight is 263 g/mol. The molecule has 0 aliphatic rings. The Labute approximate surface area is 105 Å². The first-order valence-corrected chi connectivity index (χ1v) is 6.30. The second-order valence-corrected chi connectivity index (χ2v) is 4.39. The minimum atomic E-state index is -4.31. The zero-order valence-corrected chi connectivity index (χ0v) is 10.8. The lowest BCUT2D eigenvalue weighted by Gasteiger charge is -2.17. The van der Waals surface area contributed by atoms with E-state index in [1.54, 1.807) is 0 Å². The smallest absolute Gasteiger partial charge is 0.312 e. The Morgan fingerprint density at radius 3 is 2.56 bits per heavy atom. The fourth-order valence-electron chi connectivity index (χ4n) is 1.79. The van der Waals surface area contributed by atoms with Gasteiger partial charge in [-0.2, -0.15) is 18.3 Å². The molecule has 6 heteroatoms. The molecule has 0 fully saturated rings. The average Bonchev–Trinajstić information content (AvgIpc) is 2.74. The highest BCUT2D eigenvalue weighted by atomic mass is 19.4. The Balaban J connectivity index is 2.60. The molecule has 0 aliphatic carbocycles. The van der Waals surface area contributed by atoms with Crippen molar-refractivity contribution in [3.8, 4) is 0 Å². The topological polar surface area (TPSA) is 29.9 Å². The van der Waals surface area contributed by atoms with E-state index < -0.39 is 11.7 Å². The second-order valence-electron chi connectivity index (χ2n) is 4.39. The maximum atomic E-state index is 12.4. The lowest BCUT2D eigenvalue weighted by Crippen LogP contribution is -2.33. The van der Waals surface area contributed by atoms with E-state index in [4.69, 9.17) is 0 Å². The Kier molecular flexibility index (Phi) is 5.65. The molecular formula is C12H20F3N3. The van der Waals surface area contributed by atoms with Crippen LogP contribution in [0.25, 0.3) is 0 Å². The van der Waals surface area contributed by atoms with E-state index in [2.05, 4.69) is 24.3 Å². The summed E-state index contributed by atoms with van der Waals surface area (Å²) in [4.78, 5) is 0. The van der Waals surface area contributed by atoms with Gasteiger partial charge in [0, 0.05) is 12.2 Å². The second kappa shape index (κ2) is 6.78. The Morgan fingerprint density at radius 2 is 2.06 bits per heavy atom. The molecule has 1 N–H and O–H groups in total. The normalized spacial score (nSPS) is 13.8. The molecule has 1 atom stereocenters. The fourth-order valence-corrected chi connectivity index (χ4v) is 1.79. The number of nitrogens with one attached hydrogen (secondary N) is 1. The molecule has 3 nitrogen and oxygen atoms in total. The number of rotatable bonds is 7. The van der Waals surface area contributed by atoms with Crippen LogP contribution in [-0.4, -0.2) is 22.4 Å². The van der Waals surface area contributed by atoms with Crippen LogP contribution >= 0.6 is 0 Å². The van der Waals surface area contributed by atoms with Crippen LogP contribution in [-0.2, 0) is 12.7 Å². The maximum Gasteiger partial charge on any atom is 0.419 e. The van der Waals surface area contributed by atoms with Crippen molar-refractivity contribution in [1.29, 1.82) is 0 Å². The van der Waals surface area contributed by atoms with Gasteiger partial charge in [-0.3, -0.25) is 4.68 Å². The molecule has 0 amide bonds. The Morgan fingerprint density at radius 1 is 1.33 bits per heavy atom. The Hall–Kier alpha value is -1.04. The summed E-state index contributed by atoms with van der Waals surface area (Å²) in [5.74, 6) is 0. The van der Waals surface area contributed by atoms with Crippen molar-refractivity contribution in [3.05, 3.63) is 18.0 Å². The van der Waals surface area contributed by atoms with Crippen LogP contribution in [0, 0.1) is 0 Å². The van der Waals surface area contributed by atoms with Crippen molar-refractivity contribution in [2.24, 2.45) is 0 Å². The van der Waals surface area contributed by atoms with Gasteiger partial charge in [0.2, 0.25) is 0 Å². The van der Waals surface area contributed by atoms with E-state index in [1.807, 2.05) is 0 Å². The van der Waals surface area contributed by atoms with E-state index in [9.17, 15) is 13.2 Å². The summed E-state index contributed by atoms with van der Waals surface area (Å²) >= 11 is 0. The molecule has 1 rings (SSSR count). The van der Waals surface area contributed by atoms with Crippen LogP contribution in [0.3, 0.4) is 0 Å². The lowest BCUT2D eigenvalue weighted by atomic mass is 10.1. The van der Waals surface area contributed by atoms with Crippen molar-refractivity contribution in [2.45, 2.75) is 51.9 Å². The highest BCUT2D eigenvalue weighted by Gasteiger charge is 2.32. The van der Waals surface area contributed by atoms with Gasteiger partial charge >= 0.3 is 6.18 Å². The van der Waals surface area contributed by atoms with Crippen molar-refractivity contribution in [1.82, 2.24) is 15.1 Å². The molecule has 0 aromatic carbocycles. The first-order valence-electron chi connectivity index (χ1n) is 6.30. The quantitative estimate of drug-likeness (QED) is 0.819. The largest absolute Gasteiger partial charge is 0.419 e. The third kappa shape index (κ3) is 4.68. The summed E-state index contributed by atoms with van der Waals surface area (Å²) in [5, 5.41) is 7.09. The molecule has 0 bridgehead atoms. The summed E-state index contributed by atoms with van der Waals surface area (Å²) in [6, 6.07) is 0.177. The molecule has 0 radical (unpaired) electrons. The SMILES string of the molecule is CCCNC(CCC)Cn1cc(C(F)(F)F)cn1. The predicted octanol–water partition coefficient (Wildman–Crippen LogP) is 3.07. The van der Waals surface area contributed by atoms with Gasteiger partial charge in [0.1, 0.15) is 0 Å². The first-order chi connectivity index (χ1) is 8.47.